The average molecular weight is 239 g/mol. The van der Waals surface area contributed by atoms with E-state index in [0.717, 1.165) is 37.8 Å². The van der Waals surface area contributed by atoms with Crippen molar-refractivity contribution in [2.45, 2.75) is 25.7 Å². The van der Waals surface area contributed by atoms with Crippen LogP contribution in [0.25, 0.3) is 0 Å². The molecule has 0 bridgehead atoms. The monoisotopic (exact) mass is 239 g/mol. The Morgan fingerprint density at radius 3 is 2.00 bits per heavy atom. The third kappa shape index (κ3) is 2.62. The molecule has 0 spiro atoms. The maximum atomic E-state index is 13.8. The van der Waals surface area contributed by atoms with Gasteiger partial charge < -0.3 is 4.90 Å². The molecule has 0 atom stereocenters. The van der Waals surface area contributed by atoms with Gasteiger partial charge in [0.15, 0.2) is 0 Å². The molecule has 1 aliphatic heterocycles. The van der Waals surface area contributed by atoms with Crippen LogP contribution in [0.5, 0.6) is 0 Å². The highest BCUT2D eigenvalue weighted by Gasteiger charge is 2.19. The van der Waals surface area contributed by atoms with Gasteiger partial charge >= 0.3 is 0 Å². The Kier molecular flexibility index (Phi) is 3.71. The minimum Gasteiger partial charge on any atom is -0.367 e. The van der Waals surface area contributed by atoms with Gasteiger partial charge in [-0.25, -0.2) is 8.78 Å². The zero-order valence-electron chi connectivity index (χ0n) is 9.59. The molecule has 1 saturated heterocycles. The fourth-order valence-electron chi connectivity index (χ4n) is 2.25. The fourth-order valence-corrected chi connectivity index (χ4v) is 2.25. The zero-order chi connectivity index (χ0) is 12.3. The smallest absolute Gasteiger partial charge is 0.150 e. The van der Waals surface area contributed by atoms with Crippen molar-refractivity contribution in [1.29, 1.82) is 0 Å². The summed E-state index contributed by atoms with van der Waals surface area (Å²) >= 11 is 0. The van der Waals surface area contributed by atoms with E-state index in [2.05, 4.69) is 0 Å². The maximum absolute atomic E-state index is 13.8. The van der Waals surface area contributed by atoms with Crippen LogP contribution in [0.2, 0.25) is 0 Å². The summed E-state index contributed by atoms with van der Waals surface area (Å²) in [7, 11) is 0. The second-order valence-electron chi connectivity index (χ2n) is 4.35. The number of carbonyl (C=O) groups is 1. The number of aldehydes is 1. The van der Waals surface area contributed by atoms with E-state index in [-0.39, 0.29) is 11.3 Å². The Balaban J connectivity index is 2.33. The second-order valence-corrected chi connectivity index (χ2v) is 4.35. The van der Waals surface area contributed by atoms with Crippen molar-refractivity contribution >= 4 is 12.0 Å². The van der Waals surface area contributed by atoms with Crippen molar-refractivity contribution < 1.29 is 13.6 Å². The summed E-state index contributed by atoms with van der Waals surface area (Å²) in [6.07, 6.45) is 4.57. The van der Waals surface area contributed by atoms with Gasteiger partial charge in [-0.05, 0) is 25.0 Å². The van der Waals surface area contributed by atoms with Gasteiger partial charge in [-0.3, -0.25) is 4.79 Å². The predicted molar refractivity (Wildman–Crippen MR) is 62.4 cm³/mol. The van der Waals surface area contributed by atoms with E-state index in [1.54, 1.807) is 4.90 Å². The van der Waals surface area contributed by atoms with Gasteiger partial charge in [0.05, 0.1) is 0 Å². The van der Waals surface area contributed by atoms with Crippen LogP contribution in [0.1, 0.15) is 36.0 Å². The summed E-state index contributed by atoms with van der Waals surface area (Å²) in [4.78, 5) is 12.2. The number of hydrogen-bond donors (Lipinski definition) is 0. The minimum absolute atomic E-state index is 0.0116. The predicted octanol–water partition coefficient (Wildman–Crippen LogP) is 3.16. The second kappa shape index (κ2) is 5.25. The van der Waals surface area contributed by atoms with Crippen molar-refractivity contribution in [3.63, 3.8) is 0 Å². The molecule has 0 aliphatic carbocycles. The molecule has 2 nitrogen and oxygen atoms in total. The zero-order valence-corrected chi connectivity index (χ0v) is 9.59. The van der Waals surface area contributed by atoms with Gasteiger partial charge in [0.2, 0.25) is 0 Å². The van der Waals surface area contributed by atoms with Crippen molar-refractivity contribution in [2.75, 3.05) is 18.0 Å². The molecule has 1 aliphatic rings. The van der Waals surface area contributed by atoms with E-state index in [0.29, 0.717) is 19.4 Å². The van der Waals surface area contributed by atoms with Crippen LogP contribution in [0.4, 0.5) is 14.5 Å². The SMILES string of the molecule is O=Cc1cc(F)c(N2CCCCCC2)c(F)c1. The van der Waals surface area contributed by atoms with Gasteiger partial charge in [0.1, 0.15) is 23.6 Å². The highest BCUT2D eigenvalue weighted by Crippen LogP contribution is 2.26. The van der Waals surface area contributed by atoms with Gasteiger partial charge in [-0.2, -0.15) is 0 Å². The summed E-state index contributed by atoms with van der Waals surface area (Å²) in [5.74, 6) is -1.29. The maximum Gasteiger partial charge on any atom is 0.150 e. The molecular weight excluding hydrogens is 224 g/mol. The summed E-state index contributed by atoms with van der Waals surface area (Å²) in [6, 6.07) is 2.19. The lowest BCUT2D eigenvalue weighted by molar-refractivity contribution is 0.112. The van der Waals surface area contributed by atoms with Crippen molar-refractivity contribution in [3.8, 4) is 0 Å². The van der Waals surface area contributed by atoms with Crippen molar-refractivity contribution in [2.24, 2.45) is 0 Å². The molecule has 0 N–H and O–H groups in total. The fraction of sp³-hybridized carbons (Fsp3) is 0.462. The van der Waals surface area contributed by atoms with Gasteiger partial charge in [-0.1, -0.05) is 12.8 Å². The number of carbonyl (C=O) groups excluding carboxylic acids is 1. The molecule has 4 heteroatoms. The lowest BCUT2D eigenvalue weighted by Crippen LogP contribution is -2.26. The van der Waals surface area contributed by atoms with E-state index in [1.165, 1.54) is 0 Å². The van der Waals surface area contributed by atoms with E-state index < -0.39 is 11.6 Å². The lowest BCUT2D eigenvalue weighted by atomic mass is 10.2. The lowest BCUT2D eigenvalue weighted by Gasteiger charge is -2.23. The number of nitrogens with zero attached hydrogens (tertiary/aromatic N) is 1. The molecule has 0 amide bonds. The number of benzene rings is 1. The van der Waals surface area contributed by atoms with E-state index in [9.17, 15) is 13.6 Å². The molecule has 0 saturated carbocycles. The quantitative estimate of drug-likeness (QED) is 0.739. The number of halogens is 2. The summed E-state index contributed by atoms with van der Waals surface area (Å²) in [5.41, 5.74) is 0.0519. The van der Waals surface area contributed by atoms with Crippen LogP contribution in [0, 0.1) is 11.6 Å². The molecule has 92 valence electrons. The van der Waals surface area contributed by atoms with Crippen molar-refractivity contribution in [3.05, 3.63) is 29.3 Å². The highest BCUT2D eigenvalue weighted by molar-refractivity contribution is 5.76. The van der Waals surface area contributed by atoms with E-state index in [1.807, 2.05) is 0 Å². The number of rotatable bonds is 2. The highest BCUT2D eigenvalue weighted by atomic mass is 19.1. The normalized spacial score (nSPS) is 16.7. The van der Waals surface area contributed by atoms with Crippen LogP contribution >= 0.6 is 0 Å². The first-order chi connectivity index (χ1) is 8.22. The molecular formula is C13H15F2NO. The molecule has 0 unspecified atom stereocenters. The standard InChI is InChI=1S/C13H15F2NO/c14-11-7-10(9-17)8-12(15)13(11)16-5-3-1-2-4-6-16/h7-9H,1-6H2. The first kappa shape index (κ1) is 12.0. The van der Waals surface area contributed by atoms with Crippen LogP contribution in [0.3, 0.4) is 0 Å². The van der Waals surface area contributed by atoms with Gasteiger partial charge in [-0.15, -0.1) is 0 Å². The Hall–Kier alpha value is -1.45. The van der Waals surface area contributed by atoms with Gasteiger partial charge in [0, 0.05) is 18.7 Å². The molecule has 17 heavy (non-hydrogen) atoms. The Labute approximate surface area is 99.2 Å². The first-order valence-electron chi connectivity index (χ1n) is 5.91. The summed E-state index contributed by atoms with van der Waals surface area (Å²) in [6.45, 7) is 1.35. The van der Waals surface area contributed by atoms with Crippen LogP contribution < -0.4 is 4.90 Å². The molecule has 0 radical (unpaired) electrons. The summed E-state index contributed by atoms with van der Waals surface area (Å²) < 4.78 is 27.5. The van der Waals surface area contributed by atoms with Crippen LogP contribution in [0.15, 0.2) is 12.1 Å². The van der Waals surface area contributed by atoms with Crippen LogP contribution in [-0.4, -0.2) is 19.4 Å². The third-order valence-electron chi connectivity index (χ3n) is 3.10. The van der Waals surface area contributed by atoms with E-state index in [4.69, 9.17) is 0 Å². The Bertz CT molecular complexity index is 389. The molecule has 2 rings (SSSR count). The summed E-state index contributed by atoms with van der Waals surface area (Å²) in [5, 5.41) is 0. The van der Waals surface area contributed by atoms with E-state index >= 15 is 0 Å². The number of anilines is 1. The largest absolute Gasteiger partial charge is 0.367 e. The molecule has 1 aromatic carbocycles. The van der Waals surface area contributed by atoms with Gasteiger partial charge in [0.25, 0.3) is 0 Å². The van der Waals surface area contributed by atoms with Crippen molar-refractivity contribution in [1.82, 2.24) is 0 Å². The molecule has 1 fully saturated rings. The Morgan fingerprint density at radius 1 is 1.00 bits per heavy atom. The molecule has 1 aromatic rings. The third-order valence-corrected chi connectivity index (χ3v) is 3.10. The first-order valence-corrected chi connectivity index (χ1v) is 5.91. The number of hydrogen-bond acceptors (Lipinski definition) is 2. The van der Waals surface area contributed by atoms with Crippen LogP contribution in [-0.2, 0) is 0 Å². The topological polar surface area (TPSA) is 20.3 Å². The molecule has 0 aromatic heterocycles. The Morgan fingerprint density at radius 2 is 1.53 bits per heavy atom. The minimum atomic E-state index is -0.644. The average Bonchev–Trinajstić information content (AvgIpc) is 2.57. The molecule has 1 heterocycles.